The highest BCUT2D eigenvalue weighted by atomic mass is 16.2. The van der Waals surface area contributed by atoms with Crippen molar-refractivity contribution in [1.82, 2.24) is 19.6 Å². The van der Waals surface area contributed by atoms with Gasteiger partial charge in [0.1, 0.15) is 0 Å². The Kier molecular flexibility index (Phi) is 7.10. The van der Waals surface area contributed by atoms with Gasteiger partial charge in [0.05, 0.1) is 6.54 Å². The summed E-state index contributed by atoms with van der Waals surface area (Å²) in [5.74, 6) is 1.26. The van der Waals surface area contributed by atoms with E-state index in [9.17, 15) is 14.4 Å². The summed E-state index contributed by atoms with van der Waals surface area (Å²) < 4.78 is 0. The SMILES string of the molecule is CC(=O)N1CCN(C(=O)CN2CCN(C(=O)CCC3CCCC3)CC2)CC1. The molecule has 0 spiro atoms. The Bertz CT molecular complexity index is 531. The van der Waals surface area contributed by atoms with E-state index in [4.69, 9.17) is 0 Å². The second kappa shape index (κ2) is 9.53. The Morgan fingerprint density at radius 1 is 0.741 bits per heavy atom. The second-order valence-electron chi connectivity index (χ2n) is 8.23. The maximum atomic E-state index is 12.5. The van der Waals surface area contributed by atoms with Gasteiger partial charge in [-0.25, -0.2) is 0 Å². The van der Waals surface area contributed by atoms with Crippen LogP contribution in [0.1, 0.15) is 45.4 Å². The quantitative estimate of drug-likeness (QED) is 0.710. The molecular formula is C20H34N4O3. The van der Waals surface area contributed by atoms with Crippen molar-refractivity contribution in [1.29, 1.82) is 0 Å². The molecule has 2 heterocycles. The molecule has 0 aromatic heterocycles. The number of carbonyl (C=O) groups is 3. The molecule has 3 aliphatic rings. The monoisotopic (exact) mass is 378 g/mol. The van der Waals surface area contributed by atoms with Gasteiger partial charge in [0, 0.05) is 65.7 Å². The Morgan fingerprint density at radius 2 is 1.26 bits per heavy atom. The molecule has 0 radical (unpaired) electrons. The van der Waals surface area contributed by atoms with Crippen molar-refractivity contribution in [2.45, 2.75) is 45.4 Å². The third-order valence-corrected chi connectivity index (χ3v) is 6.40. The van der Waals surface area contributed by atoms with Crippen LogP contribution >= 0.6 is 0 Å². The molecule has 1 aliphatic carbocycles. The molecular weight excluding hydrogens is 344 g/mol. The fourth-order valence-corrected chi connectivity index (χ4v) is 4.50. The van der Waals surface area contributed by atoms with Crippen LogP contribution in [0.25, 0.3) is 0 Å². The number of hydrogen-bond donors (Lipinski definition) is 0. The van der Waals surface area contributed by atoms with E-state index >= 15 is 0 Å². The molecule has 7 nitrogen and oxygen atoms in total. The predicted molar refractivity (Wildman–Crippen MR) is 103 cm³/mol. The topological polar surface area (TPSA) is 64.2 Å². The first-order chi connectivity index (χ1) is 13.0. The number of rotatable bonds is 5. The summed E-state index contributed by atoms with van der Waals surface area (Å²) in [7, 11) is 0. The summed E-state index contributed by atoms with van der Waals surface area (Å²) >= 11 is 0. The molecule has 2 aliphatic heterocycles. The third-order valence-electron chi connectivity index (χ3n) is 6.40. The van der Waals surface area contributed by atoms with Gasteiger partial charge in [-0.15, -0.1) is 0 Å². The minimum atomic E-state index is 0.0795. The summed E-state index contributed by atoms with van der Waals surface area (Å²) in [6.45, 7) is 7.51. The van der Waals surface area contributed by atoms with Gasteiger partial charge in [-0.3, -0.25) is 19.3 Å². The van der Waals surface area contributed by atoms with Crippen molar-refractivity contribution in [3.05, 3.63) is 0 Å². The lowest BCUT2D eigenvalue weighted by Gasteiger charge is -2.38. The van der Waals surface area contributed by atoms with E-state index in [1.54, 1.807) is 11.8 Å². The van der Waals surface area contributed by atoms with Crippen LogP contribution < -0.4 is 0 Å². The van der Waals surface area contributed by atoms with E-state index in [1.807, 2.05) is 9.80 Å². The minimum Gasteiger partial charge on any atom is -0.340 e. The molecule has 0 aromatic carbocycles. The van der Waals surface area contributed by atoms with E-state index in [-0.39, 0.29) is 17.7 Å². The van der Waals surface area contributed by atoms with E-state index < -0.39 is 0 Å². The zero-order chi connectivity index (χ0) is 19.2. The Balaban J connectivity index is 1.33. The molecule has 0 N–H and O–H groups in total. The van der Waals surface area contributed by atoms with Crippen LogP contribution in [-0.2, 0) is 14.4 Å². The standard InChI is InChI=1S/C20H34N4O3/c1-17(25)22-12-14-24(15-13-22)20(27)16-21-8-10-23(11-9-21)19(26)7-6-18-4-2-3-5-18/h18H,2-16H2,1H3. The third kappa shape index (κ3) is 5.67. The van der Waals surface area contributed by atoms with Gasteiger partial charge in [0.25, 0.3) is 0 Å². The maximum Gasteiger partial charge on any atom is 0.236 e. The smallest absolute Gasteiger partial charge is 0.236 e. The first-order valence-corrected chi connectivity index (χ1v) is 10.6. The summed E-state index contributed by atoms with van der Waals surface area (Å²) in [4.78, 5) is 44.1. The van der Waals surface area contributed by atoms with E-state index in [2.05, 4.69) is 4.90 Å². The lowest BCUT2D eigenvalue weighted by molar-refractivity contribution is -0.140. The van der Waals surface area contributed by atoms with Crippen LogP contribution in [-0.4, -0.2) is 96.2 Å². The zero-order valence-electron chi connectivity index (χ0n) is 16.7. The molecule has 0 atom stereocenters. The van der Waals surface area contributed by atoms with Crippen molar-refractivity contribution in [2.24, 2.45) is 5.92 Å². The highest BCUT2D eigenvalue weighted by Gasteiger charge is 2.27. The van der Waals surface area contributed by atoms with Gasteiger partial charge in [0.2, 0.25) is 17.7 Å². The van der Waals surface area contributed by atoms with Gasteiger partial charge in [-0.2, -0.15) is 0 Å². The second-order valence-corrected chi connectivity index (χ2v) is 8.23. The highest BCUT2D eigenvalue weighted by Crippen LogP contribution is 2.28. The summed E-state index contributed by atoms with van der Waals surface area (Å²) in [5, 5.41) is 0. The Hall–Kier alpha value is -1.63. The average Bonchev–Trinajstić information content (AvgIpc) is 3.20. The van der Waals surface area contributed by atoms with Crippen LogP contribution in [0.4, 0.5) is 0 Å². The van der Waals surface area contributed by atoms with E-state index in [1.165, 1.54) is 25.7 Å². The summed E-state index contributed by atoms with van der Waals surface area (Å²) in [5.41, 5.74) is 0. The lowest BCUT2D eigenvalue weighted by atomic mass is 10.0. The molecule has 27 heavy (non-hydrogen) atoms. The van der Waals surface area contributed by atoms with Crippen molar-refractivity contribution in [3.63, 3.8) is 0 Å². The van der Waals surface area contributed by atoms with Gasteiger partial charge in [0.15, 0.2) is 0 Å². The van der Waals surface area contributed by atoms with Gasteiger partial charge in [-0.1, -0.05) is 25.7 Å². The molecule has 0 unspecified atom stereocenters. The first kappa shape index (κ1) is 20.1. The van der Waals surface area contributed by atoms with Crippen molar-refractivity contribution < 1.29 is 14.4 Å². The molecule has 0 aromatic rings. The number of amides is 3. The molecule has 3 fully saturated rings. The number of nitrogens with zero attached hydrogens (tertiary/aromatic N) is 4. The van der Waals surface area contributed by atoms with E-state index in [0.717, 1.165) is 38.5 Å². The van der Waals surface area contributed by atoms with Crippen LogP contribution in [0.15, 0.2) is 0 Å². The fraction of sp³-hybridized carbons (Fsp3) is 0.850. The first-order valence-electron chi connectivity index (χ1n) is 10.6. The van der Waals surface area contributed by atoms with Crippen molar-refractivity contribution >= 4 is 17.7 Å². The number of hydrogen-bond acceptors (Lipinski definition) is 4. The van der Waals surface area contributed by atoms with Gasteiger partial charge < -0.3 is 14.7 Å². The molecule has 7 heteroatoms. The Morgan fingerprint density at radius 3 is 1.85 bits per heavy atom. The average molecular weight is 379 g/mol. The normalized spacial score (nSPS) is 22.3. The van der Waals surface area contributed by atoms with Crippen LogP contribution in [0.2, 0.25) is 0 Å². The lowest BCUT2D eigenvalue weighted by Crippen LogP contribution is -2.54. The summed E-state index contributed by atoms with van der Waals surface area (Å²) in [6.07, 6.45) is 6.98. The van der Waals surface area contributed by atoms with Gasteiger partial charge >= 0.3 is 0 Å². The molecule has 3 rings (SSSR count). The van der Waals surface area contributed by atoms with E-state index in [0.29, 0.717) is 39.1 Å². The number of carbonyl (C=O) groups excluding carboxylic acids is 3. The van der Waals surface area contributed by atoms with Crippen LogP contribution in [0, 0.1) is 5.92 Å². The highest BCUT2D eigenvalue weighted by molar-refractivity contribution is 5.79. The molecule has 1 saturated carbocycles. The minimum absolute atomic E-state index is 0.0795. The number of piperazine rings is 2. The zero-order valence-corrected chi connectivity index (χ0v) is 16.7. The molecule has 0 bridgehead atoms. The van der Waals surface area contributed by atoms with Crippen LogP contribution in [0.5, 0.6) is 0 Å². The van der Waals surface area contributed by atoms with Crippen molar-refractivity contribution in [2.75, 3.05) is 58.9 Å². The molecule has 3 amide bonds. The molecule has 152 valence electrons. The van der Waals surface area contributed by atoms with Crippen molar-refractivity contribution in [3.8, 4) is 0 Å². The Labute approximate surface area is 162 Å². The largest absolute Gasteiger partial charge is 0.340 e. The fourth-order valence-electron chi connectivity index (χ4n) is 4.50. The predicted octanol–water partition coefficient (Wildman–Crippen LogP) is 0.792. The molecule has 2 saturated heterocycles. The maximum absolute atomic E-state index is 12.5. The van der Waals surface area contributed by atoms with Gasteiger partial charge in [-0.05, 0) is 12.3 Å². The van der Waals surface area contributed by atoms with Crippen LogP contribution in [0.3, 0.4) is 0 Å². The summed E-state index contributed by atoms with van der Waals surface area (Å²) in [6, 6.07) is 0.